The van der Waals surface area contributed by atoms with Gasteiger partial charge in [0.2, 0.25) is 0 Å². The summed E-state index contributed by atoms with van der Waals surface area (Å²) >= 11 is 0. The van der Waals surface area contributed by atoms with Crippen LogP contribution >= 0.6 is 24.0 Å². The van der Waals surface area contributed by atoms with E-state index in [1.54, 1.807) is 25.3 Å². The molecule has 2 aromatic rings. The number of guanidine groups is 1. The highest BCUT2D eigenvalue weighted by molar-refractivity contribution is 14.0. The fourth-order valence-electron chi connectivity index (χ4n) is 2.81. The van der Waals surface area contributed by atoms with Crippen molar-refractivity contribution in [1.82, 2.24) is 16.0 Å². The third-order valence-electron chi connectivity index (χ3n) is 4.31. The molecule has 0 aromatic heterocycles. The number of halogens is 1. The van der Waals surface area contributed by atoms with E-state index in [2.05, 4.69) is 27.0 Å². The van der Waals surface area contributed by atoms with Gasteiger partial charge in [0.15, 0.2) is 5.96 Å². The molecule has 1 amide bonds. The molecular weight excluding hydrogens is 507 g/mol. The standard InChI is InChI=1S/C23H32N4O3.HI/c1-5-24-23(27-16-19-11-10-17(3)14-21(19)30-6-2)26-13-12-25-22(28)18-8-7-9-20(15-18)29-4;/h7-11,14-15H,5-6,12-13,16H2,1-4H3,(H,25,28)(H2,24,26,27);1H. The van der Waals surface area contributed by atoms with Gasteiger partial charge in [0.1, 0.15) is 11.5 Å². The van der Waals surface area contributed by atoms with E-state index >= 15 is 0 Å². The molecule has 0 aliphatic heterocycles. The lowest BCUT2D eigenvalue weighted by Crippen LogP contribution is -2.41. The van der Waals surface area contributed by atoms with E-state index in [0.717, 1.165) is 23.4 Å². The molecule has 0 atom stereocenters. The second kappa shape index (κ2) is 14.5. The summed E-state index contributed by atoms with van der Waals surface area (Å²) in [6, 6.07) is 13.2. The minimum Gasteiger partial charge on any atom is -0.497 e. The van der Waals surface area contributed by atoms with Gasteiger partial charge in [-0.3, -0.25) is 4.79 Å². The highest BCUT2D eigenvalue weighted by Gasteiger charge is 2.07. The molecule has 0 bridgehead atoms. The molecule has 2 rings (SSSR count). The lowest BCUT2D eigenvalue weighted by molar-refractivity contribution is 0.0954. The minimum atomic E-state index is -0.140. The first kappa shape index (κ1) is 26.5. The summed E-state index contributed by atoms with van der Waals surface area (Å²) < 4.78 is 10.9. The van der Waals surface area contributed by atoms with Crippen molar-refractivity contribution in [3.05, 3.63) is 59.2 Å². The second-order valence-corrected chi connectivity index (χ2v) is 6.65. The van der Waals surface area contributed by atoms with E-state index in [9.17, 15) is 4.79 Å². The summed E-state index contributed by atoms with van der Waals surface area (Å²) in [5, 5.41) is 9.36. The largest absolute Gasteiger partial charge is 0.497 e. The molecule has 31 heavy (non-hydrogen) atoms. The molecule has 0 aliphatic rings. The number of carbonyl (C=O) groups is 1. The van der Waals surface area contributed by atoms with Crippen LogP contribution in [0.2, 0.25) is 0 Å². The van der Waals surface area contributed by atoms with Crippen molar-refractivity contribution in [3.63, 3.8) is 0 Å². The first-order valence-electron chi connectivity index (χ1n) is 10.2. The Morgan fingerprint density at radius 2 is 1.81 bits per heavy atom. The third-order valence-corrected chi connectivity index (χ3v) is 4.31. The van der Waals surface area contributed by atoms with Crippen LogP contribution in [-0.4, -0.2) is 45.2 Å². The molecule has 0 fully saturated rings. The Morgan fingerprint density at radius 3 is 2.52 bits per heavy atom. The summed E-state index contributed by atoms with van der Waals surface area (Å²) in [6.45, 7) is 8.91. The smallest absolute Gasteiger partial charge is 0.251 e. The number of nitrogens with one attached hydrogen (secondary N) is 3. The van der Waals surface area contributed by atoms with Gasteiger partial charge in [-0.15, -0.1) is 24.0 Å². The Hall–Kier alpha value is -2.49. The van der Waals surface area contributed by atoms with Gasteiger partial charge in [-0.2, -0.15) is 0 Å². The number of benzene rings is 2. The lowest BCUT2D eigenvalue weighted by Gasteiger charge is -2.13. The van der Waals surface area contributed by atoms with E-state index in [-0.39, 0.29) is 29.9 Å². The lowest BCUT2D eigenvalue weighted by atomic mass is 10.1. The average Bonchev–Trinajstić information content (AvgIpc) is 2.76. The van der Waals surface area contributed by atoms with E-state index in [4.69, 9.17) is 9.47 Å². The fourth-order valence-corrected chi connectivity index (χ4v) is 2.81. The molecule has 0 saturated heterocycles. The van der Waals surface area contributed by atoms with Crippen LogP contribution in [0, 0.1) is 6.92 Å². The number of aryl methyl sites for hydroxylation is 1. The van der Waals surface area contributed by atoms with Crippen molar-refractivity contribution in [2.45, 2.75) is 27.3 Å². The van der Waals surface area contributed by atoms with Crippen LogP contribution in [0.25, 0.3) is 0 Å². The van der Waals surface area contributed by atoms with Gasteiger partial charge in [0, 0.05) is 30.8 Å². The van der Waals surface area contributed by atoms with Crippen LogP contribution in [0.1, 0.15) is 35.3 Å². The summed E-state index contributed by atoms with van der Waals surface area (Å²) in [4.78, 5) is 16.9. The van der Waals surface area contributed by atoms with E-state index in [1.165, 1.54) is 0 Å². The first-order valence-corrected chi connectivity index (χ1v) is 10.2. The number of rotatable bonds is 10. The summed E-state index contributed by atoms with van der Waals surface area (Å²) in [5.74, 6) is 2.07. The van der Waals surface area contributed by atoms with Crippen LogP contribution in [-0.2, 0) is 6.54 Å². The zero-order valence-electron chi connectivity index (χ0n) is 18.7. The number of hydrogen-bond acceptors (Lipinski definition) is 4. The molecule has 2 aromatic carbocycles. The average molecular weight is 540 g/mol. The Balaban J connectivity index is 0.00000480. The van der Waals surface area contributed by atoms with E-state index in [0.29, 0.717) is 43.5 Å². The van der Waals surface area contributed by atoms with Crippen molar-refractivity contribution in [2.24, 2.45) is 4.99 Å². The number of nitrogens with zero attached hydrogens (tertiary/aromatic N) is 1. The Morgan fingerprint density at radius 1 is 1.03 bits per heavy atom. The van der Waals surface area contributed by atoms with Gasteiger partial charge in [-0.25, -0.2) is 4.99 Å². The molecule has 7 nitrogen and oxygen atoms in total. The summed E-state index contributed by atoms with van der Waals surface area (Å²) in [5.41, 5.74) is 2.76. The molecule has 0 radical (unpaired) electrons. The predicted octanol–water partition coefficient (Wildman–Crippen LogP) is 3.51. The van der Waals surface area contributed by atoms with Gasteiger partial charge < -0.3 is 25.4 Å². The number of aliphatic imine (C=N–C) groups is 1. The van der Waals surface area contributed by atoms with Gasteiger partial charge in [0.05, 0.1) is 20.3 Å². The number of methoxy groups -OCH3 is 1. The predicted molar refractivity (Wildman–Crippen MR) is 136 cm³/mol. The Kier molecular flexibility index (Phi) is 12.4. The van der Waals surface area contributed by atoms with Crippen molar-refractivity contribution in [3.8, 4) is 11.5 Å². The highest BCUT2D eigenvalue weighted by Crippen LogP contribution is 2.21. The molecule has 0 unspecified atom stereocenters. The normalized spacial score (nSPS) is 10.6. The van der Waals surface area contributed by atoms with E-state index < -0.39 is 0 Å². The van der Waals surface area contributed by atoms with Gasteiger partial charge in [-0.1, -0.05) is 18.2 Å². The van der Waals surface area contributed by atoms with Crippen LogP contribution in [0.3, 0.4) is 0 Å². The summed E-state index contributed by atoms with van der Waals surface area (Å²) in [6.07, 6.45) is 0. The molecule has 0 saturated carbocycles. The second-order valence-electron chi connectivity index (χ2n) is 6.65. The minimum absolute atomic E-state index is 0. The monoisotopic (exact) mass is 540 g/mol. The van der Waals surface area contributed by atoms with Crippen molar-refractivity contribution < 1.29 is 14.3 Å². The number of carbonyl (C=O) groups excluding carboxylic acids is 1. The molecular formula is C23H33IN4O3. The Bertz CT molecular complexity index is 858. The number of amides is 1. The SMILES string of the molecule is CCNC(=NCc1ccc(C)cc1OCC)NCCNC(=O)c1cccc(OC)c1.I. The van der Waals surface area contributed by atoms with Crippen LogP contribution in [0.4, 0.5) is 0 Å². The fraction of sp³-hybridized carbons (Fsp3) is 0.391. The van der Waals surface area contributed by atoms with Gasteiger partial charge >= 0.3 is 0 Å². The molecule has 170 valence electrons. The van der Waals surface area contributed by atoms with Crippen LogP contribution in [0.15, 0.2) is 47.5 Å². The van der Waals surface area contributed by atoms with Gasteiger partial charge in [0.25, 0.3) is 5.91 Å². The first-order chi connectivity index (χ1) is 14.6. The maximum absolute atomic E-state index is 12.3. The molecule has 0 heterocycles. The zero-order chi connectivity index (χ0) is 21.8. The van der Waals surface area contributed by atoms with E-state index in [1.807, 2.05) is 39.0 Å². The number of ether oxygens (including phenoxy) is 2. The summed E-state index contributed by atoms with van der Waals surface area (Å²) in [7, 11) is 1.58. The number of hydrogen-bond donors (Lipinski definition) is 3. The van der Waals surface area contributed by atoms with Crippen molar-refractivity contribution >= 4 is 35.8 Å². The maximum Gasteiger partial charge on any atom is 0.251 e. The molecule has 3 N–H and O–H groups in total. The van der Waals surface area contributed by atoms with Crippen molar-refractivity contribution in [1.29, 1.82) is 0 Å². The highest BCUT2D eigenvalue weighted by atomic mass is 127. The van der Waals surface area contributed by atoms with Crippen LogP contribution < -0.4 is 25.4 Å². The third kappa shape index (κ3) is 9.04. The molecule has 0 spiro atoms. The maximum atomic E-state index is 12.3. The molecule has 8 heteroatoms. The molecule has 0 aliphatic carbocycles. The van der Waals surface area contributed by atoms with Gasteiger partial charge in [-0.05, 0) is 50.6 Å². The van der Waals surface area contributed by atoms with Crippen molar-refractivity contribution in [2.75, 3.05) is 33.4 Å². The topological polar surface area (TPSA) is 84.0 Å². The zero-order valence-corrected chi connectivity index (χ0v) is 21.0. The van der Waals surface area contributed by atoms with Crippen LogP contribution in [0.5, 0.6) is 11.5 Å². The Labute approximate surface area is 202 Å². The quantitative estimate of drug-likeness (QED) is 0.186.